The number of para-hydroxylation sites is 1. The zero-order valence-corrected chi connectivity index (χ0v) is 21.3. The van der Waals surface area contributed by atoms with Gasteiger partial charge in [0.2, 0.25) is 5.75 Å². The molecule has 1 aliphatic carbocycles. The van der Waals surface area contributed by atoms with E-state index in [2.05, 4.69) is 35.8 Å². The lowest BCUT2D eigenvalue weighted by molar-refractivity contribution is 0.102. The van der Waals surface area contributed by atoms with E-state index in [0.717, 1.165) is 34.5 Å². The van der Waals surface area contributed by atoms with Crippen molar-refractivity contribution in [2.45, 2.75) is 32.2 Å². The Kier molecular flexibility index (Phi) is 6.35. The van der Waals surface area contributed by atoms with Gasteiger partial charge in [0.1, 0.15) is 0 Å². The minimum Gasteiger partial charge on any atom is -0.493 e. The number of hydrogen-bond donors (Lipinski definition) is 2. The van der Waals surface area contributed by atoms with Gasteiger partial charge in [-0.25, -0.2) is 0 Å². The van der Waals surface area contributed by atoms with Gasteiger partial charge in [0, 0.05) is 11.6 Å². The summed E-state index contributed by atoms with van der Waals surface area (Å²) in [4.78, 5) is 13.5. The van der Waals surface area contributed by atoms with Crippen molar-refractivity contribution in [1.29, 1.82) is 0 Å². The van der Waals surface area contributed by atoms with Crippen molar-refractivity contribution in [3.05, 3.63) is 88.5 Å². The molecule has 3 atom stereocenters. The van der Waals surface area contributed by atoms with Crippen LogP contribution in [0.25, 0.3) is 0 Å². The Labute approximate surface area is 212 Å². The van der Waals surface area contributed by atoms with Gasteiger partial charge in [-0.1, -0.05) is 30.4 Å². The molecule has 6 nitrogen and oxygen atoms in total. The van der Waals surface area contributed by atoms with Crippen LogP contribution in [-0.2, 0) is 0 Å². The van der Waals surface area contributed by atoms with Gasteiger partial charge in [-0.15, -0.1) is 0 Å². The third-order valence-corrected chi connectivity index (χ3v) is 7.45. The number of carbonyl (C=O) groups excluding carboxylic acids is 1. The van der Waals surface area contributed by atoms with Crippen molar-refractivity contribution in [3.8, 4) is 17.2 Å². The SMILES string of the molecule is COc1cc(C2Nc3c(C(=O)Nc4ccc(C)c(C)c4)cccc3C3C=CCC32)cc(OC)c1OC. The molecule has 0 spiro atoms. The topological polar surface area (TPSA) is 68.8 Å². The number of methoxy groups -OCH3 is 3. The molecule has 1 heterocycles. The predicted octanol–water partition coefficient (Wildman–Crippen LogP) is 6.41. The molecule has 5 rings (SSSR count). The van der Waals surface area contributed by atoms with Crippen molar-refractivity contribution < 1.29 is 19.0 Å². The van der Waals surface area contributed by atoms with Crippen LogP contribution in [0.5, 0.6) is 17.2 Å². The third kappa shape index (κ3) is 4.06. The fourth-order valence-electron chi connectivity index (χ4n) is 5.44. The van der Waals surface area contributed by atoms with E-state index in [-0.39, 0.29) is 17.9 Å². The number of hydrogen-bond acceptors (Lipinski definition) is 5. The summed E-state index contributed by atoms with van der Waals surface area (Å²) in [5.74, 6) is 2.17. The smallest absolute Gasteiger partial charge is 0.257 e. The molecular weight excluding hydrogens is 452 g/mol. The van der Waals surface area contributed by atoms with Crippen LogP contribution >= 0.6 is 0 Å². The van der Waals surface area contributed by atoms with E-state index in [1.165, 1.54) is 5.56 Å². The highest BCUT2D eigenvalue weighted by Crippen LogP contribution is 2.52. The highest BCUT2D eigenvalue weighted by atomic mass is 16.5. The number of fused-ring (bicyclic) bond motifs is 3. The Morgan fingerprint density at radius 3 is 2.36 bits per heavy atom. The van der Waals surface area contributed by atoms with E-state index in [9.17, 15) is 4.79 Å². The van der Waals surface area contributed by atoms with Crippen LogP contribution in [0.1, 0.15) is 51.0 Å². The van der Waals surface area contributed by atoms with Gasteiger partial charge in [-0.05, 0) is 78.8 Å². The summed E-state index contributed by atoms with van der Waals surface area (Å²) in [5, 5.41) is 6.82. The molecule has 0 saturated heterocycles. The number of anilines is 2. The van der Waals surface area contributed by atoms with Crippen LogP contribution in [0.3, 0.4) is 0 Å². The van der Waals surface area contributed by atoms with Gasteiger partial charge in [0.15, 0.2) is 11.5 Å². The fraction of sp³-hybridized carbons (Fsp3) is 0.300. The maximum absolute atomic E-state index is 13.5. The molecule has 0 fully saturated rings. The van der Waals surface area contributed by atoms with Crippen molar-refractivity contribution in [2.75, 3.05) is 32.0 Å². The normalized spacial score (nSPS) is 19.6. The zero-order valence-electron chi connectivity index (χ0n) is 21.3. The minimum atomic E-state index is -0.133. The van der Waals surface area contributed by atoms with Gasteiger partial charge in [0.05, 0.1) is 38.6 Å². The lowest BCUT2D eigenvalue weighted by Gasteiger charge is -2.38. The number of rotatable bonds is 6. The molecule has 3 aromatic rings. The molecule has 0 bridgehead atoms. The van der Waals surface area contributed by atoms with Gasteiger partial charge in [-0.2, -0.15) is 0 Å². The second-order valence-corrected chi connectivity index (χ2v) is 9.46. The molecule has 6 heteroatoms. The second-order valence-electron chi connectivity index (χ2n) is 9.46. The maximum atomic E-state index is 13.5. The molecular formula is C30H32N2O4. The number of benzene rings is 3. The van der Waals surface area contributed by atoms with Crippen LogP contribution in [0.4, 0.5) is 11.4 Å². The van der Waals surface area contributed by atoms with Gasteiger partial charge < -0.3 is 24.8 Å². The quantitative estimate of drug-likeness (QED) is 0.396. The molecule has 0 aromatic heterocycles. The molecule has 0 radical (unpaired) electrons. The first-order valence-electron chi connectivity index (χ1n) is 12.2. The predicted molar refractivity (Wildman–Crippen MR) is 143 cm³/mol. The standard InChI is InChI=1S/C30H32N2O4/c1-17-12-13-20(14-18(17)2)31-30(33)24-11-7-10-23-21-8-6-9-22(21)27(32-28(23)24)19-15-25(34-3)29(36-5)26(16-19)35-4/h6-8,10-16,21-22,27,32H,9H2,1-5H3,(H,31,33). The number of nitrogens with one attached hydrogen (secondary N) is 2. The van der Waals surface area contributed by atoms with Crippen molar-refractivity contribution >= 4 is 17.3 Å². The Balaban J connectivity index is 1.55. The zero-order chi connectivity index (χ0) is 25.4. The number of carbonyl (C=O) groups is 1. The summed E-state index contributed by atoms with van der Waals surface area (Å²) in [6.07, 6.45) is 5.44. The Morgan fingerprint density at radius 1 is 0.944 bits per heavy atom. The monoisotopic (exact) mass is 484 g/mol. The molecule has 2 aliphatic rings. The first kappa shape index (κ1) is 23.8. The number of aryl methyl sites for hydroxylation is 2. The van der Waals surface area contributed by atoms with Crippen LogP contribution in [0.15, 0.2) is 60.7 Å². The highest BCUT2D eigenvalue weighted by molar-refractivity contribution is 6.08. The molecule has 3 aromatic carbocycles. The molecule has 0 saturated carbocycles. The largest absolute Gasteiger partial charge is 0.493 e. The van der Waals surface area contributed by atoms with Crippen molar-refractivity contribution in [1.82, 2.24) is 0 Å². The summed E-state index contributed by atoms with van der Waals surface area (Å²) in [6, 6.07) is 15.9. The van der Waals surface area contributed by atoms with Crippen LogP contribution in [-0.4, -0.2) is 27.2 Å². The summed E-state index contributed by atoms with van der Waals surface area (Å²) >= 11 is 0. The van der Waals surface area contributed by atoms with E-state index < -0.39 is 0 Å². The average molecular weight is 485 g/mol. The average Bonchev–Trinajstić information content (AvgIpc) is 3.39. The first-order chi connectivity index (χ1) is 17.4. The summed E-state index contributed by atoms with van der Waals surface area (Å²) in [7, 11) is 4.85. The van der Waals surface area contributed by atoms with Crippen molar-refractivity contribution in [3.63, 3.8) is 0 Å². The van der Waals surface area contributed by atoms with Gasteiger partial charge >= 0.3 is 0 Å². The third-order valence-electron chi connectivity index (χ3n) is 7.45. The maximum Gasteiger partial charge on any atom is 0.257 e. The number of ether oxygens (including phenoxy) is 3. The first-order valence-corrected chi connectivity index (χ1v) is 12.2. The van der Waals surface area contributed by atoms with E-state index >= 15 is 0 Å². The Morgan fingerprint density at radius 2 is 1.69 bits per heavy atom. The second kappa shape index (κ2) is 9.61. The molecule has 3 unspecified atom stereocenters. The fourth-order valence-corrected chi connectivity index (χ4v) is 5.44. The number of amides is 1. The van der Waals surface area contributed by atoms with Crippen LogP contribution in [0, 0.1) is 19.8 Å². The van der Waals surface area contributed by atoms with Crippen LogP contribution in [0.2, 0.25) is 0 Å². The summed E-state index contributed by atoms with van der Waals surface area (Å²) in [6.45, 7) is 4.11. The molecule has 36 heavy (non-hydrogen) atoms. The molecule has 186 valence electrons. The van der Waals surface area contributed by atoms with Crippen LogP contribution < -0.4 is 24.8 Å². The number of allylic oxidation sites excluding steroid dienone is 2. The summed E-state index contributed by atoms with van der Waals surface area (Å²) in [5.41, 5.74) is 6.79. The van der Waals surface area contributed by atoms with Gasteiger partial charge in [0.25, 0.3) is 5.91 Å². The molecule has 1 amide bonds. The Bertz CT molecular complexity index is 1320. The van der Waals surface area contributed by atoms with Gasteiger partial charge in [-0.3, -0.25) is 4.79 Å². The lowest BCUT2D eigenvalue weighted by atomic mass is 9.76. The van der Waals surface area contributed by atoms with Crippen molar-refractivity contribution in [2.24, 2.45) is 5.92 Å². The highest BCUT2D eigenvalue weighted by Gasteiger charge is 2.40. The van der Waals surface area contributed by atoms with E-state index in [0.29, 0.717) is 28.7 Å². The van der Waals surface area contributed by atoms with E-state index in [1.54, 1.807) is 21.3 Å². The lowest BCUT2D eigenvalue weighted by Crippen LogP contribution is -2.31. The summed E-state index contributed by atoms with van der Waals surface area (Å²) < 4.78 is 16.8. The van der Waals surface area contributed by atoms with E-state index in [1.807, 2.05) is 49.4 Å². The minimum absolute atomic E-state index is 0.0400. The molecule has 2 N–H and O–H groups in total. The van der Waals surface area contributed by atoms with E-state index in [4.69, 9.17) is 14.2 Å². The Hall–Kier alpha value is -3.93. The molecule has 1 aliphatic heterocycles.